The van der Waals surface area contributed by atoms with Crippen molar-refractivity contribution >= 4 is 17.7 Å². The van der Waals surface area contributed by atoms with Gasteiger partial charge in [0, 0.05) is 5.56 Å². The van der Waals surface area contributed by atoms with Crippen LogP contribution in [-0.4, -0.2) is 23.7 Å². The first-order valence-corrected chi connectivity index (χ1v) is 7.94. The van der Waals surface area contributed by atoms with Gasteiger partial charge in [-0.1, -0.05) is 48.5 Å². The minimum Gasteiger partial charge on any atom is -0.508 e. The van der Waals surface area contributed by atoms with E-state index in [1.54, 1.807) is 37.3 Å². The van der Waals surface area contributed by atoms with Gasteiger partial charge in [0.25, 0.3) is 0 Å². The molecule has 6 heteroatoms. The van der Waals surface area contributed by atoms with E-state index in [1.165, 1.54) is 6.07 Å². The minimum absolute atomic E-state index is 0.0103. The zero-order valence-electron chi connectivity index (χ0n) is 13.7. The van der Waals surface area contributed by atoms with Crippen LogP contribution in [0, 0.1) is 0 Å². The highest BCUT2D eigenvalue weighted by atomic mass is 16.5. The number of carbonyl (C=O) groups excluding carboxylic acids is 2. The van der Waals surface area contributed by atoms with Crippen LogP contribution in [0.4, 0.5) is 4.79 Å². The molecule has 2 aromatic rings. The number of rotatable bonds is 4. The predicted molar refractivity (Wildman–Crippen MR) is 92.5 cm³/mol. The van der Waals surface area contributed by atoms with Gasteiger partial charge in [0.1, 0.15) is 5.75 Å². The molecule has 1 aliphatic heterocycles. The van der Waals surface area contributed by atoms with Crippen molar-refractivity contribution in [2.45, 2.75) is 13.0 Å². The molecule has 1 heterocycles. The Morgan fingerprint density at radius 1 is 1.12 bits per heavy atom. The number of carbonyl (C=O) groups is 2. The highest BCUT2D eigenvalue weighted by molar-refractivity contribution is 6.04. The molecular weight excluding hydrogens is 320 g/mol. The third-order valence-corrected chi connectivity index (χ3v) is 3.88. The highest BCUT2D eigenvalue weighted by Crippen LogP contribution is 2.35. The van der Waals surface area contributed by atoms with E-state index in [2.05, 4.69) is 10.6 Å². The Morgan fingerprint density at radius 2 is 1.80 bits per heavy atom. The lowest BCUT2D eigenvalue weighted by Gasteiger charge is -2.29. The summed E-state index contributed by atoms with van der Waals surface area (Å²) in [5, 5.41) is 15.6. The molecule has 0 saturated heterocycles. The van der Waals surface area contributed by atoms with Gasteiger partial charge in [-0.25, -0.2) is 9.59 Å². The topological polar surface area (TPSA) is 87.7 Å². The average Bonchev–Trinajstić information content (AvgIpc) is 2.62. The normalized spacial score (nSPS) is 16.8. The number of benzene rings is 2. The summed E-state index contributed by atoms with van der Waals surface area (Å²) in [5.41, 5.74) is 1.72. The van der Waals surface area contributed by atoms with E-state index >= 15 is 0 Å². The van der Waals surface area contributed by atoms with Crippen molar-refractivity contribution in [1.82, 2.24) is 10.6 Å². The summed E-state index contributed by atoms with van der Waals surface area (Å²) < 4.78 is 5.19. The number of hydrogen-bond acceptors (Lipinski definition) is 4. The molecule has 2 amide bonds. The molecule has 0 bridgehead atoms. The quantitative estimate of drug-likeness (QED) is 0.748. The molecule has 128 valence electrons. The van der Waals surface area contributed by atoms with Crippen LogP contribution in [0.3, 0.4) is 0 Å². The third kappa shape index (κ3) is 3.33. The fourth-order valence-electron chi connectivity index (χ4n) is 2.79. The second-order valence-electron chi connectivity index (χ2n) is 5.47. The summed E-state index contributed by atoms with van der Waals surface area (Å²) in [6, 6.07) is 14.4. The van der Waals surface area contributed by atoms with Crippen LogP contribution in [0.2, 0.25) is 0 Å². The molecule has 0 saturated carbocycles. The molecule has 0 spiro atoms. The molecule has 0 radical (unpaired) electrons. The van der Waals surface area contributed by atoms with Crippen molar-refractivity contribution in [2.24, 2.45) is 0 Å². The highest BCUT2D eigenvalue weighted by Gasteiger charge is 2.35. The Hall–Kier alpha value is -3.28. The Morgan fingerprint density at radius 3 is 2.48 bits per heavy atom. The number of aromatic hydroxyl groups is 1. The van der Waals surface area contributed by atoms with Crippen LogP contribution >= 0.6 is 0 Å². The molecule has 25 heavy (non-hydrogen) atoms. The Balaban J connectivity index is 2.20. The van der Waals surface area contributed by atoms with Gasteiger partial charge in [-0.3, -0.25) is 0 Å². The van der Waals surface area contributed by atoms with Gasteiger partial charge in [0.05, 0.1) is 23.9 Å². The van der Waals surface area contributed by atoms with Crippen LogP contribution in [0.15, 0.2) is 60.2 Å². The van der Waals surface area contributed by atoms with Gasteiger partial charge in [0.15, 0.2) is 0 Å². The van der Waals surface area contributed by atoms with Gasteiger partial charge < -0.3 is 20.5 Å². The zero-order valence-corrected chi connectivity index (χ0v) is 13.7. The van der Waals surface area contributed by atoms with Crippen molar-refractivity contribution < 1.29 is 19.4 Å². The number of phenols is 1. The molecule has 0 fully saturated rings. The fraction of sp³-hybridized carbons (Fsp3) is 0.158. The zero-order chi connectivity index (χ0) is 17.8. The monoisotopic (exact) mass is 338 g/mol. The SMILES string of the molecule is CCOC(=O)C1=C(c2ccccc2)NC(=O)NC1c1ccccc1O. The van der Waals surface area contributed by atoms with E-state index < -0.39 is 18.0 Å². The number of amides is 2. The lowest BCUT2D eigenvalue weighted by molar-refractivity contribution is -0.138. The molecule has 2 aromatic carbocycles. The van der Waals surface area contributed by atoms with Gasteiger partial charge in [-0.15, -0.1) is 0 Å². The number of esters is 1. The van der Waals surface area contributed by atoms with Gasteiger partial charge in [-0.2, -0.15) is 0 Å². The predicted octanol–water partition coefficient (Wildman–Crippen LogP) is 2.72. The third-order valence-electron chi connectivity index (χ3n) is 3.88. The molecule has 6 nitrogen and oxygen atoms in total. The number of hydrogen-bond donors (Lipinski definition) is 3. The maximum Gasteiger partial charge on any atom is 0.338 e. The van der Waals surface area contributed by atoms with Crippen molar-refractivity contribution in [3.05, 3.63) is 71.3 Å². The standard InChI is InChI=1S/C19H18N2O4/c1-2-25-18(23)15-16(12-8-4-3-5-9-12)20-19(24)21-17(15)13-10-6-7-11-14(13)22/h3-11,17,22H,2H2,1H3,(H2,20,21,24). The molecule has 3 N–H and O–H groups in total. The lowest BCUT2D eigenvalue weighted by Crippen LogP contribution is -2.45. The molecule has 0 aliphatic carbocycles. The summed E-state index contributed by atoms with van der Waals surface area (Å²) in [4.78, 5) is 24.8. The van der Waals surface area contributed by atoms with Crippen LogP contribution in [-0.2, 0) is 9.53 Å². The second-order valence-corrected chi connectivity index (χ2v) is 5.47. The van der Waals surface area contributed by atoms with E-state index in [1.807, 2.05) is 18.2 Å². The van der Waals surface area contributed by atoms with Gasteiger partial charge >= 0.3 is 12.0 Å². The Kier molecular flexibility index (Phi) is 4.70. The summed E-state index contributed by atoms with van der Waals surface area (Å²) in [6.45, 7) is 1.91. The van der Waals surface area contributed by atoms with E-state index in [-0.39, 0.29) is 17.9 Å². The van der Waals surface area contributed by atoms with Crippen LogP contribution in [0.5, 0.6) is 5.75 Å². The van der Waals surface area contributed by atoms with Gasteiger partial charge in [-0.05, 0) is 18.6 Å². The molecule has 1 unspecified atom stereocenters. The Bertz CT molecular complexity index is 830. The molecular formula is C19H18N2O4. The van der Waals surface area contributed by atoms with Gasteiger partial charge in [0.2, 0.25) is 0 Å². The van der Waals surface area contributed by atoms with Crippen molar-refractivity contribution in [2.75, 3.05) is 6.61 Å². The van der Waals surface area contributed by atoms with Crippen molar-refractivity contribution in [3.63, 3.8) is 0 Å². The van der Waals surface area contributed by atoms with E-state index in [9.17, 15) is 14.7 Å². The van der Waals surface area contributed by atoms with E-state index in [0.29, 0.717) is 16.8 Å². The number of nitrogens with one attached hydrogen (secondary N) is 2. The maximum absolute atomic E-state index is 12.6. The second kappa shape index (κ2) is 7.09. The summed E-state index contributed by atoms with van der Waals surface area (Å²) in [6.07, 6.45) is 0. The summed E-state index contributed by atoms with van der Waals surface area (Å²) in [5.74, 6) is -0.564. The number of urea groups is 1. The largest absolute Gasteiger partial charge is 0.508 e. The fourth-order valence-corrected chi connectivity index (χ4v) is 2.79. The minimum atomic E-state index is -0.816. The first-order chi connectivity index (χ1) is 12.1. The number of para-hydroxylation sites is 1. The smallest absolute Gasteiger partial charge is 0.338 e. The van der Waals surface area contributed by atoms with Crippen molar-refractivity contribution in [1.29, 1.82) is 0 Å². The Labute approximate surface area is 145 Å². The number of ether oxygens (including phenoxy) is 1. The molecule has 0 aromatic heterocycles. The summed E-state index contributed by atoms with van der Waals surface area (Å²) >= 11 is 0. The number of phenolic OH excluding ortho intramolecular Hbond substituents is 1. The van der Waals surface area contributed by atoms with Crippen LogP contribution in [0.25, 0.3) is 5.70 Å². The van der Waals surface area contributed by atoms with E-state index in [0.717, 1.165) is 0 Å². The first-order valence-electron chi connectivity index (χ1n) is 7.94. The van der Waals surface area contributed by atoms with E-state index in [4.69, 9.17) is 4.74 Å². The average molecular weight is 338 g/mol. The molecule has 3 rings (SSSR count). The molecule has 1 aliphatic rings. The van der Waals surface area contributed by atoms with Crippen molar-refractivity contribution in [3.8, 4) is 5.75 Å². The van der Waals surface area contributed by atoms with Crippen LogP contribution < -0.4 is 10.6 Å². The lowest BCUT2D eigenvalue weighted by atomic mass is 9.92. The first kappa shape index (κ1) is 16.6. The molecule has 1 atom stereocenters. The summed E-state index contributed by atoms with van der Waals surface area (Å²) in [7, 11) is 0. The van der Waals surface area contributed by atoms with Crippen LogP contribution in [0.1, 0.15) is 24.1 Å². The maximum atomic E-state index is 12.6.